The standard InChI is InChI=1S/C18H21ClN4O6/c1-3-4-23-15(20)13(16(24)21-18(23)26)22(5-6-27-2)17(25)10-7-11(19)14-12(8-10)28-9-29-14/h7-8H,3-6,9,20H2,1-2H3,(H,21,24,26). The number of anilines is 2. The highest BCUT2D eigenvalue weighted by Crippen LogP contribution is 2.40. The molecule has 3 N–H and O–H groups in total. The molecule has 1 aliphatic rings. The van der Waals surface area contributed by atoms with Crippen LogP contribution in [0.2, 0.25) is 5.02 Å². The van der Waals surface area contributed by atoms with Crippen molar-refractivity contribution in [3.8, 4) is 11.5 Å². The van der Waals surface area contributed by atoms with Crippen molar-refractivity contribution >= 4 is 29.0 Å². The van der Waals surface area contributed by atoms with Gasteiger partial charge in [-0.05, 0) is 18.6 Å². The van der Waals surface area contributed by atoms with Gasteiger partial charge in [0.1, 0.15) is 5.82 Å². The molecule has 2 aromatic rings. The van der Waals surface area contributed by atoms with Gasteiger partial charge in [-0.3, -0.25) is 24.0 Å². The van der Waals surface area contributed by atoms with Crippen molar-refractivity contribution < 1.29 is 19.0 Å². The van der Waals surface area contributed by atoms with Gasteiger partial charge in [0.05, 0.1) is 11.6 Å². The molecule has 0 unspecified atom stereocenters. The van der Waals surface area contributed by atoms with E-state index in [0.29, 0.717) is 17.9 Å². The summed E-state index contributed by atoms with van der Waals surface area (Å²) in [6.07, 6.45) is 0.610. The monoisotopic (exact) mass is 424 g/mol. The number of nitrogens with two attached hydrogens (primary N) is 1. The fourth-order valence-electron chi connectivity index (χ4n) is 3.03. The first kappa shape index (κ1) is 20.7. The second-order valence-corrected chi connectivity index (χ2v) is 6.69. The van der Waals surface area contributed by atoms with Gasteiger partial charge >= 0.3 is 5.69 Å². The van der Waals surface area contributed by atoms with Crippen molar-refractivity contribution in [3.63, 3.8) is 0 Å². The lowest BCUT2D eigenvalue weighted by atomic mass is 10.1. The average Bonchev–Trinajstić information content (AvgIpc) is 3.16. The summed E-state index contributed by atoms with van der Waals surface area (Å²) < 4.78 is 16.9. The molecular formula is C18H21ClN4O6. The minimum Gasteiger partial charge on any atom is -0.454 e. The number of aromatic amines is 1. The zero-order valence-corrected chi connectivity index (χ0v) is 16.7. The first-order valence-corrected chi connectivity index (χ1v) is 9.29. The molecule has 0 atom stereocenters. The number of amides is 1. The van der Waals surface area contributed by atoms with Crippen LogP contribution in [0.15, 0.2) is 21.7 Å². The smallest absolute Gasteiger partial charge is 0.330 e. The van der Waals surface area contributed by atoms with Crippen LogP contribution in [0.1, 0.15) is 23.7 Å². The van der Waals surface area contributed by atoms with E-state index in [-0.39, 0.29) is 48.6 Å². The van der Waals surface area contributed by atoms with Gasteiger partial charge in [-0.15, -0.1) is 0 Å². The number of rotatable bonds is 7. The number of benzene rings is 1. The average molecular weight is 425 g/mol. The van der Waals surface area contributed by atoms with Crippen LogP contribution in [-0.2, 0) is 11.3 Å². The molecule has 29 heavy (non-hydrogen) atoms. The first-order valence-electron chi connectivity index (χ1n) is 8.91. The minimum absolute atomic E-state index is 0.00528. The van der Waals surface area contributed by atoms with Crippen LogP contribution in [0.3, 0.4) is 0 Å². The van der Waals surface area contributed by atoms with Gasteiger partial charge < -0.3 is 19.9 Å². The van der Waals surface area contributed by atoms with E-state index in [9.17, 15) is 14.4 Å². The number of nitrogens with one attached hydrogen (secondary N) is 1. The molecule has 3 rings (SSSR count). The summed E-state index contributed by atoms with van der Waals surface area (Å²) in [6.45, 7) is 2.30. The van der Waals surface area contributed by atoms with Crippen molar-refractivity contribution in [2.24, 2.45) is 0 Å². The molecular weight excluding hydrogens is 404 g/mol. The van der Waals surface area contributed by atoms with Crippen LogP contribution in [0.25, 0.3) is 0 Å². The molecule has 1 amide bonds. The number of carbonyl (C=O) groups excluding carboxylic acids is 1. The van der Waals surface area contributed by atoms with Crippen molar-refractivity contribution in [2.45, 2.75) is 19.9 Å². The Morgan fingerprint density at radius 1 is 1.38 bits per heavy atom. The van der Waals surface area contributed by atoms with Gasteiger partial charge in [0.25, 0.3) is 11.5 Å². The predicted molar refractivity (Wildman–Crippen MR) is 107 cm³/mol. The Hall–Kier alpha value is -2.98. The molecule has 156 valence electrons. The topological polar surface area (TPSA) is 129 Å². The Kier molecular flexibility index (Phi) is 6.14. The number of nitrogen functional groups attached to an aromatic ring is 1. The van der Waals surface area contributed by atoms with Crippen LogP contribution in [0.5, 0.6) is 11.5 Å². The van der Waals surface area contributed by atoms with E-state index < -0.39 is 17.2 Å². The zero-order chi connectivity index (χ0) is 21.1. The highest BCUT2D eigenvalue weighted by molar-refractivity contribution is 6.33. The Bertz CT molecular complexity index is 1050. The fourth-order valence-corrected chi connectivity index (χ4v) is 3.29. The molecule has 0 saturated carbocycles. The highest BCUT2D eigenvalue weighted by Gasteiger charge is 2.28. The number of H-pyrrole nitrogens is 1. The van der Waals surface area contributed by atoms with E-state index >= 15 is 0 Å². The van der Waals surface area contributed by atoms with Crippen LogP contribution in [-0.4, -0.2) is 42.5 Å². The van der Waals surface area contributed by atoms with Crippen LogP contribution >= 0.6 is 11.6 Å². The Balaban J connectivity index is 2.11. The maximum absolute atomic E-state index is 13.3. The van der Waals surface area contributed by atoms with E-state index in [2.05, 4.69) is 4.98 Å². The van der Waals surface area contributed by atoms with Gasteiger partial charge in [0, 0.05) is 25.8 Å². The fraction of sp³-hybridized carbons (Fsp3) is 0.389. The lowest BCUT2D eigenvalue weighted by Crippen LogP contribution is -2.42. The molecule has 1 aromatic carbocycles. The second kappa shape index (κ2) is 8.58. The lowest BCUT2D eigenvalue weighted by molar-refractivity contribution is 0.0975. The summed E-state index contributed by atoms with van der Waals surface area (Å²) in [5.74, 6) is 0.0175. The number of halogens is 1. The summed E-state index contributed by atoms with van der Waals surface area (Å²) in [4.78, 5) is 41.3. The van der Waals surface area contributed by atoms with E-state index in [0.717, 1.165) is 4.90 Å². The summed E-state index contributed by atoms with van der Waals surface area (Å²) in [6, 6.07) is 2.90. The Morgan fingerprint density at radius 2 is 2.14 bits per heavy atom. The summed E-state index contributed by atoms with van der Waals surface area (Å²) >= 11 is 6.19. The number of fused-ring (bicyclic) bond motifs is 1. The quantitative estimate of drug-likeness (QED) is 0.683. The van der Waals surface area contributed by atoms with Crippen molar-refractivity contribution in [1.29, 1.82) is 0 Å². The minimum atomic E-state index is -0.767. The van der Waals surface area contributed by atoms with Crippen LogP contribution < -0.4 is 31.4 Å². The third-order valence-electron chi connectivity index (χ3n) is 4.37. The molecule has 0 bridgehead atoms. The van der Waals surface area contributed by atoms with Crippen LogP contribution in [0.4, 0.5) is 11.5 Å². The SMILES string of the molecule is CCCn1c(N)c(N(CCOC)C(=O)c2cc(Cl)c3c(c2)OCO3)c(=O)[nH]c1=O. The van der Waals surface area contributed by atoms with Crippen molar-refractivity contribution in [2.75, 3.05) is 37.7 Å². The Morgan fingerprint density at radius 3 is 2.83 bits per heavy atom. The lowest BCUT2D eigenvalue weighted by Gasteiger charge is -2.24. The first-order chi connectivity index (χ1) is 13.9. The number of aromatic nitrogens is 2. The predicted octanol–water partition coefficient (Wildman–Crippen LogP) is 1.20. The van der Waals surface area contributed by atoms with Crippen LogP contribution in [0, 0.1) is 0 Å². The summed E-state index contributed by atoms with van der Waals surface area (Å²) in [7, 11) is 1.46. The zero-order valence-electron chi connectivity index (χ0n) is 16.0. The van der Waals surface area contributed by atoms with E-state index in [1.807, 2.05) is 6.92 Å². The van der Waals surface area contributed by atoms with Gasteiger partial charge in [-0.2, -0.15) is 0 Å². The number of ether oxygens (including phenoxy) is 3. The third kappa shape index (κ3) is 3.94. The number of methoxy groups -OCH3 is 1. The second-order valence-electron chi connectivity index (χ2n) is 6.29. The van der Waals surface area contributed by atoms with Gasteiger partial charge in [-0.1, -0.05) is 18.5 Å². The number of carbonyl (C=O) groups is 1. The number of nitrogens with zero attached hydrogens (tertiary/aromatic N) is 2. The maximum Gasteiger partial charge on any atom is 0.330 e. The molecule has 10 nitrogen and oxygen atoms in total. The molecule has 0 fully saturated rings. The normalized spacial score (nSPS) is 12.2. The highest BCUT2D eigenvalue weighted by atomic mass is 35.5. The number of hydrogen-bond acceptors (Lipinski definition) is 7. The maximum atomic E-state index is 13.3. The molecule has 1 aromatic heterocycles. The van der Waals surface area contributed by atoms with E-state index in [4.69, 9.17) is 31.5 Å². The molecule has 0 aliphatic carbocycles. The summed E-state index contributed by atoms with van der Waals surface area (Å²) in [5.41, 5.74) is 4.75. The largest absolute Gasteiger partial charge is 0.454 e. The molecule has 1 aliphatic heterocycles. The van der Waals surface area contributed by atoms with Gasteiger partial charge in [0.2, 0.25) is 6.79 Å². The van der Waals surface area contributed by atoms with Crippen molar-refractivity contribution in [1.82, 2.24) is 9.55 Å². The van der Waals surface area contributed by atoms with E-state index in [1.54, 1.807) is 0 Å². The van der Waals surface area contributed by atoms with Gasteiger partial charge in [-0.25, -0.2) is 4.79 Å². The molecule has 0 radical (unpaired) electrons. The van der Waals surface area contributed by atoms with E-state index in [1.165, 1.54) is 23.8 Å². The third-order valence-corrected chi connectivity index (χ3v) is 4.65. The Labute approximate surface area is 170 Å². The molecule has 11 heteroatoms. The summed E-state index contributed by atoms with van der Waals surface area (Å²) in [5, 5.41) is 0.202. The van der Waals surface area contributed by atoms with Crippen molar-refractivity contribution in [3.05, 3.63) is 43.6 Å². The number of hydrogen-bond donors (Lipinski definition) is 2. The molecule has 0 spiro atoms. The van der Waals surface area contributed by atoms with Gasteiger partial charge in [0.15, 0.2) is 17.2 Å². The molecule has 0 saturated heterocycles. The molecule has 2 heterocycles.